The Morgan fingerprint density at radius 2 is 1.46 bits per heavy atom. The number of nitrogens with zero attached hydrogens (tertiary/aromatic N) is 2. The molecule has 0 heterocycles. The van der Waals surface area contributed by atoms with Crippen molar-refractivity contribution in [3.63, 3.8) is 0 Å². The number of hydrogen-bond acceptors (Lipinski definition) is 1. The monoisotopic (exact) mass is 176 g/mol. The minimum absolute atomic E-state index is 0.299. The first-order valence-electron chi connectivity index (χ1n) is 5.05. The van der Waals surface area contributed by atoms with Crippen LogP contribution in [0.15, 0.2) is 0 Å². The second kappa shape index (κ2) is 2.30. The van der Waals surface area contributed by atoms with Crippen LogP contribution < -0.4 is 0 Å². The average molecular weight is 176 g/mol. The van der Waals surface area contributed by atoms with Crippen LogP contribution in [0.2, 0.25) is 0 Å². The first-order valence-corrected chi connectivity index (χ1v) is 5.05. The van der Waals surface area contributed by atoms with Gasteiger partial charge in [-0.2, -0.15) is 4.79 Å². The summed E-state index contributed by atoms with van der Waals surface area (Å²) < 4.78 is 0. The molecular weight excluding hydrogens is 164 g/mol. The van der Waals surface area contributed by atoms with Crippen molar-refractivity contribution in [3.05, 3.63) is 5.53 Å². The van der Waals surface area contributed by atoms with Gasteiger partial charge in [-0.1, -0.05) is 0 Å². The zero-order chi connectivity index (χ0) is 9.00. The highest BCUT2D eigenvalue weighted by molar-refractivity contribution is 5.95. The quantitative estimate of drug-likeness (QED) is 0.405. The summed E-state index contributed by atoms with van der Waals surface area (Å²) in [5.41, 5.74) is 9.85. The molecule has 3 nitrogen and oxygen atoms in total. The minimum Gasteiger partial charge on any atom is -0.362 e. The third-order valence-electron chi connectivity index (χ3n) is 4.03. The van der Waals surface area contributed by atoms with Crippen molar-refractivity contribution < 1.29 is 9.58 Å². The van der Waals surface area contributed by atoms with Crippen LogP contribution >= 0.6 is 0 Å². The Morgan fingerprint density at radius 3 is 1.85 bits per heavy atom. The molecular formula is C10H12N2O. The van der Waals surface area contributed by atoms with Gasteiger partial charge < -0.3 is 5.53 Å². The van der Waals surface area contributed by atoms with E-state index in [1.54, 1.807) is 0 Å². The zero-order valence-corrected chi connectivity index (χ0v) is 7.44. The maximum absolute atomic E-state index is 11.7. The normalized spacial score (nSPS) is 46.8. The van der Waals surface area contributed by atoms with Crippen molar-refractivity contribution in [3.8, 4) is 0 Å². The molecule has 0 spiro atoms. The van der Waals surface area contributed by atoms with Crippen LogP contribution in [0.25, 0.3) is 5.53 Å². The predicted molar refractivity (Wildman–Crippen MR) is 46.1 cm³/mol. The van der Waals surface area contributed by atoms with Gasteiger partial charge in [0.2, 0.25) is 0 Å². The third-order valence-corrected chi connectivity index (χ3v) is 4.03. The second-order valence-electron chi connectivity index (χ2n) is 4.66. The smallest absolute Gasteiger partial charge is 0.275 e. The first-order chi connectivity index (χ1) is 6.29. The minimum atomic E-state index is 0.299. The molecule has 0 aromatic heterocycles. The van der Waals surface area contributed by atoms with Crippen LogP contribution in [0, 0.1) is 23.7 Å². The molecule has 0 atom stereocenters. The average Bonchev–Trinajstić information content (AvgIpc) is 2.11. The fourth-order valence-electron chi connectivity index (χ4n) is 3.54. The Bertz CT molecular complexity index is 294. The number of hydrogen-bond donors (Lipinski definition) is 0. The van der Waals surface area contributed by atoms with Gasteiger partial charge in [-0.05, 0) is 25.7 Å². The van der Waals surface area contributed by atoms with Crippen molar-refractivity contribution >= 4 is 11.5 Å². The fraction of sp³-hybridized carbons (Fsp3) is 0.800. The summed E-state index contributed by atoms with van der Waals surface area (Å²) in [6, 6.07) is 0. The molecule has 0 unspecified atom stereocenters. The van der Waals surface area contributed by atoms with Crippen molar-refractivity contribution in [1.29, 1.82) is 0 Å². The zero-order valence-electron chi connectivity index (χ0n) is 7.44. The summed E-state index contributed by atoms with van der Waals surface area (Å²) in [5.74, 6) is 1.93. The number of rotatable bonds is 0. The first kappa shape index (κ1) is 7.45. The van der Waals surface area contributed by atoms with Crippen molar-refractivity contribution in [2.45, 2.75) is 25.7 Å². The Labute approximate surface area is 76.8 Å². The molecule has 4 rings (SSSR count). The highest BCUT2D eigenvalue weighted by Gasteiger charge is 2.54. The molecule has 0 saturated heterocycles. The summed E-state index contributed by atoms with van der Waals surface area (Å²) in [6.45, 7) is 0. The van der Waals surface area contributed by atoms with E-state index in [1.807, 2.05) is 0 Å². The van der Waals surface area contributed by atoms with Crippen molar-refractivity contribution in [1.82, 2.24) is 0 Å². The van der Waals surface area contributed by atoms with Crippen LogP contribution in [-0.4, -0.2) is 16.3 Å². The van der Waals surface area contributed by atoms with Gasteiger partial charge in [-0.3, -0.25) is 4.79 Å². The Morgan fingerprint density at radius 1 is 1.00 bits per heavy atom. The number of ketones is 1. The highest BCUT2D eigenvalue weighted by Crippen LogP contribution is 2.49. The van der Waals surface area contributed by atoms with Crippen LogP contribution in [0.5, 0.6) is 0 Å². The lowest BCUT2D eigenvalue weighted by atomic mass is 9.55. The van der Waals surface area contributed by atoms with Gasteiger partial charge in [0.1, 0.15) is 5.78 Å². The van der Waals surface area contributed by atoms with E-state index in [1.165, 1.54) is 0 Å². The molecule has 0 amide bonds. The molecule has 4 fully saturated rings. The number of carbonyl (C=O) groups excluding carboxylic acids is 1. The van der Waals surface area contributed by atoms with E-state index in [0.29, 0.717) is 29.5 Å². The lowest BCUT2D eigenvalue weighted by molar-refractivity contribution is -0.137. The van der Waals surface area contributed by atoms with Crippen LogP contribution in [0.1, 0.15) is 25.7 Å². The standard InChI is InChI=1S/C10H12N2O/c11-12-9-5-1-7-3-6(9)4-8(2-5)10(7)13/h5-8H,1-4H2. The Hall–Kier alpha value is -0.950. The summed E-state index contributed by atoms with van der Waals surface area (Å²) in [4.78, 5) is 15.1. The second-order valence-corrected chi connectivity index (χ2v) is 4.66. The summed E-state index contributed by atoms with van der Waals surface area (Å²) >= 11 is 0. The summed E-state index contributed by atoms with van der Waals surface area (Å²) in [7, 11) is 0. The van der Waals surface area contributed by atoms with E-state index in [0.717, 1.165) is 31.4 Å². The molecule has 0 aromatic carbocycles. The van der Waals surface area contributed by atoms with E-state index >= 15 is 0 Å². The van der Waals surface area contributed by atoms with Crippen LogP contribution in [0.4, 0.5) is 0 Å². The van der Waals surface area contributed by atoms with E-state index in [-0.39, 0.29) is 0 Å². The summed E-state index contributed by atoms with van der Waals surface area (Å²) in [5, 5.41) is 0. The van der Waals surface area contributed by atoms with Gasteiger partial charge in [0, 0.05) is 11.8 Å². The van der Waals surface area contributed by atoms with Gasteiger partial charge in [-0.15, -0.1) is 0 Å². The predicted octanol–water partition coefficient (Wildman–Crippen LogP) is 1.29. The van der Waals surface area contributed by atoms with E-state index in [2.05, 4.69) is 4.79 Å². The number of Topliss-reactive ketones (excluding diaryl/α,β-unsaturated/α-hetero) is 1. The number of carbonyl (C=O) groups is 1. The van der Waals surface area contributed by atoms with Gasteiger partial charge in [0.05, 0.1) is 11.8 Å². The molecule has 0 N–H and O–H groups in total. The Balaban J connectivity index is 2.03. The largest absolute Gasteiger partial charge is 0.362 e. The maximum Gasteiger partial charge on any atom is 0.275 e. The maximum atomic E-state index is 11.7. The fourth-order valence-corrected chi connectivity index (χ4v) is 3.54. The van der Waals surface area contributed by atoms with E-state index in [9.17, 15) is 4.79 Å². The molecule has 4 aliphatic rings. The summed E-state index contributed by atoms with van der Waals surface area (Å²) in [6.07, 6.45) is 3.80. The van der Waals surface area contributed by atoms with Gasteiger partial charge >= 0.3 is 0 Å². The highest BCUT2D eigenvalue weighted by atomic mass is 16.1. The van der Waals surface area contributed by atoms with Gasteiger partial charge in [0.15, 0.2) is 0 Å². The molecule has 68 valence electrons. The van der Waals surface area contributed by atoms with Crippen LogP contribution in [-0.2, 0) is 4.79 Å². The van der Waals surface area contributed by atoms with Gasteiger partial charge in [-0.25, -0.2) is 0 Å². The SMILES string of the molecule is [N-]=[N+]=C1C2CC3CC1CC(C2)C3=O. The van der Waals surface area contributed by atoms with E-state index < -0.39 is 0 Å². The van der Waals surface area contributed by atoms with E-state index in [4.69, 9.17) is 5.53 Å². The molecule has 0 radical (unpaired) electrons. The molecule has 4 aliphatic carbocycles. The third kappa shape index (κ3) is 0.829. The van der Waals surface area contributed by atoms with Crippen molar-refractivity contribution in [2.24, 2.45) is 23.7 Å². The van der Waals surface area contributed by atoms with Crippen molar-refractivity contribution in [2.75, 3.05) is 0 Å². The molecule has 4 bridgehead atoms. The topological polar surface area (TPSA) is 53.5 Å². The lowest BCUT2D eigenvalue weighted by Gasteiger charge is -2.44. The molecule has 3 heteroatoms. The van der Waals surface area contributed by atoms with Crippen LogP contribution in [0.3, 0.4) is 0 Å². The molecule has 0 aromatic rings. The molecule has 13 heavy (non-hydrogen) atoms. The van der Waals surface area contributed by atoms with Gasteiger partial charge in [0.25, 0.3) is 5.71 Å². The lowest BCUT2D eigenvalue weighted by Crippen LogP contribution is -2.51. The Kier molecular flexibility index (Phi) is 1.32. The molecule has 4 saturated carbocycles. The molecule has 0 aliphatic heterocycles.